The predicted molar refractivity (Wildman–Crippen MR) is 123 cm³/mol. The number of halogens is 1. The van der Waals surface area contributed by atoms with E-state index in [0.717, 1.165) is 63.6 Å². The fourth-order valence-electron chi connectivity index (χ4n) is 5.76. The molecular weight excluding hydrogens is 432 g/mol. The Labute approximate surface area is 192 Å². The highest BCUT2D eigenvalue weighted by atomic mass is 35.5. The van der Waals surface area contributed by atoms with E-state index in [1.165, 1.54) is 4.57 Å². The monoisotopic (exact) mass is 464 g/mol. The number of alkyl halides is 1. The van der Waals surface area contributed by atoms with E-state index in [2.05, 4.69) is 4.98 Å². The van der Waals surface area contributed by atoms with Crippen LogP contribution in [-0.2, 0) is 28.0 Å². The lowest BCUT2D eigenvalue weighted by Crippen LogP contribution is -2.45. The number of rotatable bonds is 9. The van der Waals surface area contributed by atoms with Crippen molar-refractivity contribution in [2.45, 2.75) is 96.6 Å². The van der Waals surface area contributed by atoms with E-state index in [1.807, 2.05) is 13.8 Å². The highest BCUT2D eigenvalue weighted by Gasteiger charge is 2.50. The van der Waals surface area contributed by atoms with Crippen molar-refractivity contribution in [3.05, 3.63) is 26.7 Å². The van der Waals surface area contributed by atoms with Crippen molar-refractivity contribution in [1.82, 2.24) is 19.1 Å². The Morgan fingerprint density at radius 2 is 1.69 bits per heavy atom. The minimum atomic E-state index is -0.270. The van der Waals surface area contributed by atoms with Crippen LogP contribution in [0.3, 0.4) is 0 Å². The van der Waals surface area contributed by atoms with Crippen LogP contribution in [0.1, 0.15) is 83.9 Å². The van der Waals surface area contributed by atoms with Crippen LogP contribution in [0.4, 0.5) is 0 Å². The third-order valence-corrected chi connectivity index (χ3v) is 7.84. The summed E-state index contributed by atoms with van der Waals surface area (Å²) in [5.41, 5.74) is 0.487. The van der Waals surface area contributed by atoms with Gasteiger partial charge in [0.25, 0.3) is 5.56 Å². The Kier molecular flexibility index (Phi) is 6.52. The first-order valence-corrected chi connectivity index (χ1v) is 12.4. The average molecular weight is 465 g/mol. The normalized spacial score (nSPS) is 24.8. The van der Waals surface area contributed by atoms with Gasteiger partial charge in [-0.25, -0.2) is 9.78 Å². The number of esters is 1. The summed E-state index contributed by atoms with van der Waals surface area (Å²) in [4.78, 5) is 46.1. The number of hydrogen-bond donors (Lipinski definition) is 1. The maximum absolute atomic E-state index is 13.1. The minimum Gasteiger partial charge on any atom is -0.449 e. The molecule has 3 aliphatic rings. The van der Waals surface area contributed by atoms with Gasteiger partial charge in [0.2, 0.25) is 0 Å². The number of hydrogen-bond acceptors (Lipinski definition) is 5. The molecule has 3 fully saturated rings. The van der Waals surface area contributed by atoms with Crippen LogP contribution in [0, 0.1) is 5.41 Å². The molecule has 0 radical (unpaired) electrons. The van der Waals surface area contributed by atoms with E-state index in [4.69, 9.17) is 21.3 Å². The first-order chi connectivity index (χ1) is 15.4. The fourth-order valence-corrected chi connectivity index (χ4v) is 5.88. The zero-order valence-electron chi connectivity index (χ0n) is 19.0. The third-order valence-electron chi connectivity index (χ3n) is 7.73. The number of aromatic amines is 1. The van der Waals surface area contributed by atoms with Crippen LogP contribution < -0.4 is 11.2 Å². The van der Waals surface area contributed by atoms with Gasteiger partial charge >= 0.3 is 11.7 Å². The molecule has 32 heavy (non-hydrogen) atoms. The molecule has 2 aromatic rings. The summed E-state index contributed by atoms with van der Waals surface area (Å²) in [5.74, 6) is 0.615. The van der Waals surface area contributed by atoms with E-state index in [9.17, 15) is 14.4 Å². The van der Waals surface area contributed by atoms with E-state index < -0.39 is 0 Å². The Balaban J connectivity index is 1.64. The van der Waals surface area contributed by atoms with E-state index in [1.54, 1.807) is 4.57 Å². The van der Waals surface area contributed by atoms with E-state index >= 15 is 0 Å². The van der Waals surface area contributed by atoms with Gasteiger partial charge in [0, 0.05) is 24.9 Å². The van der Waals surface area contributed by atoms with Crippen LogP contribution >= 0.6 is 11.6 Å². The zero-order valence-corrected chi connectivity index (χ0v) is 19.8. The summed E-state index contributed by atoms with van der Waals surface area (Å²) >= 11 is 5.49. The molecule has 3 saturated carbocycles. The summed E-state index contributed by atoms with van der Waals surface area (Å²) in [5, 5.41) is 0. The number of carbonyl (C=O) groups excluding carboxylic acids is 1. The topological polar surface area (TPSA) is 99.0 Å². The minimum absolute atomic E-state index is 0.0907. The van der Waals surface area contributed by atoms with Crippen LogP contribution in [0.2, 0.25) is 0 Å². The molecule has 1 N–H and O–H groups in total. The predicted octanol–water partition coefficient (Wildman–Crippen LogP) is 3.82. The van der Waals surface area contributed by atoms with Crippen molar-refractivity contribution < 1.29 is 9.53 Å². The number of H-pyrrole nitrogens is 1. The van der Waals surface area contributed by atoms with Gasteiger partial charge in [0.1, 0.15) is 11.3 Å². The van der Waals surface area contributed by atoms with Crippen molar-refractivity contribution >= 4 is 28.7 Å². The molecule has 0 spiro atoms. The highest BCUT2D eigenvalue weighted by Crippen LogP contribution is 2.59. The van der Waals surface area contributed by atoms with Crippen LogP contribution in [-0.4, -0.2) is 31.1 Å². The Hall–Kier alpha value is -2.09. The van der Waals surface area contributed by atoms with Gasteiger partial charge in [0.15, 0.2) is 11.7 Å². The number of fused-ring (bicyclic) bond motifs is 4. The summed E-state index contributed by atoms with van der Waals surface area (Å²) in [7, 11) is 0. The van der Waals surface area contributed by atoms with Crippen LogP contribution in [0.15, 0.2) is 9.59 Å². The number of nitrogens with one attached hydrogen (secondary N) is 1. The molecule has 2 heterocycles. The smallest absolute Gasteiger partial charge is 0.332 e. The maximum Gasteiger partial charge on any atom is 0.332 e. The molecule has 0 aliphatic heterocycles. The molecule has 9 heteroatoms. The fraction of sp³-hybridized carbons (Fsp3) is 0.739. The molecule has 0 unspecified atom stereocenters. The summed E-state index contributed by atoms with van der Waals surface area (Å²) in [6.45, 7) is 4.93. The van der Waals surface area contributed by atoms with Gasteiger partial charge in [0.05, 0.1) is 0 Å². The second kappa shape index (κ2) is 9.04. The lowest BCUT2D eigenvalue weighted by atomic mass is 9.52. The van der Waals surface area contributed by atoms with E-state index in [-0.39, 0.29) is 34.1 Å². The SMILES string of the molecule is CCCn1c(=O)c2[nH]c(C34CCC(CCC(=O)OCCl)(CC3)CC4)nc2n(CCC)c1=O. The van der Waals surface area contributed by atoms with Gasteiger partial charge in [-0.3, -0.25) is 18.7 Å². The van der Waals surface area contributed by atoms with Gasteiger partial charge in [-0.05, 0) is 63.2 Å². The zero-order chi connectivity index (χ0) is 22.9. The molecule has 3 aliphatic carbocycles. The summed E-state index contributed by atoms with van der Waals surface area (Å²) < 4.78 is 7.88. The molecule has 5 rings (SSSR count). The van der Waals surface area contributed by atoms with Crippen molar-refractivity contribution in [3.63, 3.8) is 0 Å². The number of carbonyl (C=O) groups is 1. The lowest BCUT2D eigenvalue weighted by molar-refractivity contribution is -0.142. The summed E-state index contributed by atoms with van der Waals surface area (Å²) in [6.07, 6.45) is 8.75. The van der Waals surface area contributed by atoms with E-state index in [0.29, 0.717) is 30.7 Å². The first kappa shape index (κ1) is 23.1. The average Bonchev–Trinajstić information content (AvgIpc) is 3.26. The molecule has 176 valence electrons. The molecule has 0 atom stereocenters. The number of ether oxygens (including phenoxy) is 1. The van der Waals surface area contributed by atoms with Crippen LogP contribution in [0.25, 0.3) is 11.2 Å². The number of nitrogens with zero attached hydrogens (tertiary/aromatic N) is 3. The third kappa shape index (κ3) is 3.91. The maximum atomic E-state index is 13.1. The largest absolute Gasteiger partial charge is 0.449 e. The molecule has 0 aromatic carbocycles. The van der Waals surface area contributed by atoms with Gasteiger partial charge in [-0.1, -0.05) is 25.4 Å². The molecule has 0 amide bonds. The van der Waals surface area contributed by atoms with Crippen molar-refractivity contribution in [3.8, 4) is 0 Å². The van der Waals surface area contributed by atoms with Crippen molar-refractivity contribution in [1.29, 1.82) is 0 Å². The second-order valence-electron chi connectivity index (χ2n) is 9.58. The quantitative estimate of drug-likeness (QED) is 0.449. The molecular formula is C23H33ClN4O4. The Morgan fingerprint density at radius 3 is 2.28 bits per heavy atom. The first-order valence-electron chi connectivity index (χ1n) is 11.8. The van der Waals surface area contributed by atoms with Crippen LogP contribution in [0.5, 0.6) is 0 Å². The number of aromatic nitrogens is 4. The number of aryl methyl sites for hydroxylation is 1. The molecule has 2 bridgehead atoms. The van der Waals surface area contributed by atoms with Gasteiger partial charge in [-0.2, -0.15) is 0 Å². The lowest BCUT2D eigenvalue weighted by Gasteiger charge is -2.52. The molecule has 8 nitrogen and oxygen atoms in total. The second-order valence-corrected chi connectivity index (χ2v) is 9.80. The molecule has 0 saturated heterocycles. The highest BCUT2D eigenvalue weighted by molar-refractivity contribution is 6.17. The van der Waals surface area contributed by atoms with Gasteiger partial charge in [-0.15, -0.1) is 0 Å². The van der Waals surface area contributed by atoms with Crippen molar-refractivity contribution in [2.75, 3.05) is 6.07 Å². The summed E-state index contributed by atoms with van der Waals surface area (Å²) in [6, 6.07) is -0.0932. The standard InChI is InChI=1S/C23H33ClN4O4/c1-3-13-27-18-17(19(30)28(14-4-2)21(27)31)25-20(26-18)23-10-7-22(8-11-23,9-12-23)6-5-16(29)32-15-24/h3-15H2,1-2H3,(H,25,26). The molecule has 2 aromatic heterocycles. The van der Waals surface area contributed by atoms with Gasteiger partial charge < -0.3 is 9.72 Å². The van der Waals surface area contributed by atoms with Crippen molar-refractivity contribution in [2.24, 2.45) is 5.41 Å². The Bertz CT molecular complexity index is 1090. The Morgan fingerprint density at radius 1 is 1.06 bits per heavy atom. The number of imidazole rings is 1.